The quantitative estimate of drug-likeness (QED) is 0.686. The third-order valence-corrected chi connectivity index (χ3v) is 1.25. The molecule has 1 aromatic rings. The molecular formula is C7H9N3O3. The van der Waals surface area contributed by atoms with Gasteiger partial charge in [0.15, 0.2) is 0 Å². The molecule has 1 rings (SSSR count). The van der Waals surface area contributed by atoms with Crippen LogP contribution in [0.25, 0.3) is 0 Å². The van der Waals surface area contributed by atoms with Crippen LogP contribution in [-0.2, 0) is 16.1 Å². The van der Waals surface area contributed by atoms with Gasteiger partial charge in [-0.15, -0.1) is 0 Å². The first-order valence-corrected chi connectivity index (χ1v) is 3.60. The fourth-order valence-corrected chi connectivity index (χ4v) is 0.856. The third kappa shape index (κ3) is 2.94. The highest BCUT2D eigenvalue weighted by molar-refractivity contribution is 5.88. The van der Waals surface area contributed by atoms with E-state index in [4.69, 9.17) is 5.11 Å². The van der Waals surface area contributed by atoms with Gasteiger partial charge in [-0.25, -0.2) is 0 Å². The minimum absolute atomic E-state index is 0.209. The molecule has 0 aliphatic carbocycles. The molecule has 1 aromatic heterocycles. The molecule has 1 heterocycles. The van der Waals surface area contributed by atoms with Crippen LogP contribution in [0, 0.1) is 0 Å². The third-order valence-electron chi connectivity index (χ3n) is 1.25. The molecular weight excluding hydrogens is 174 g/mol. The summed E-state index contributed by atoms with van der Waals surface area (Å²) in [5.74, 6) is -1.19. The van der Waals surface area contributed by atoms with Gasteiger partial charge >= 0.3 is 5.97 Å². The number of aromatic nitrogens is 2. The van der Waals surface area contributed by atoms with E-state index in [-0.39, 0.29) is 12.5 Å². The molecule has 0 saturated heterocycles. The van der Waals surface area contributed by atoms with Crippen LogP contribution in [0.3, 0.4) is 0 Å². The van der Waals surface area contributed by atoms with Gasteiger partial charge in [0.2, 0.25) is 5.91 Å². The molecule has 0 spiro atoms. The maximum atomic E-state index is 10.6. The first-order chi connectivity index (χ1) is 6.08. The van der Waals surface area contributed by atoms with Crippen molar-refractivity contribution in [3.63, 3.8) is 0 Å². The van der Waals surface area contributed by atoms with Gasteiger partial charge in [0, 0.05) is 13.1 Å². The minimum Gasteiger partial charge on any atom is -0.480 e. The van der Waals surface area contributed by atoms with Crippen molar-refractivity contribution >= 4 is 17.6 Å². The van der Waals surface area contributed by atoms with E-state index in [1.54, 1.807) is 0 Å². The molecule has 0 aliphatic rings. The van der Waals surface area contributed by atoms with Crippen molar-refractivity contribution in [2.45, 2.75) is 13.5 Å². The van der Waals surface area contributed by atoms with Crippen LogP contribution in [0.2, 0.25) is 0 Å². The Morgan fingerprint density at radius 1 is 1.69 bits per heavy atom. The SMILES string of the molecule is CC(=O)Nc1cnn(CC(=O)O)c1. The monoisotopic (exact) mass is 183 g/mol. The normalized spacial score (nSPS) is 9.62. The van der Waals surface area contributed by atoms with Gasteiger partial charge in [-0.3, -0.25) is 14.3 Å². The predicted octanol–water partition coefficient (Wildman–Crippen LogP) is -0.0739. The van der Waals surface area contributed by atoms with E-state index in [1.807, 2.05) is 0 Å². The lowest BCUT2D eigenvalue weighted by atomic mass is 10.5. The molecule has 0 aromatic carbocycles. The maximum Gasteiger partial charge on any atom is 0.325 e. The van der Waals surface area contributed by atoms with E-state index in [2.05, 4.69) is 10.4 Å². The van der Waals surface area contributed by atoms with Gasteiger partial charge < -0.3 is 10.4 Å². The number of nitrogens with one attached hydrogen (secondary N) is 1. The smallest absolute Gasteiger partial charge is 0.325 e. The number of aliphatic carboxylic acids is 1. The zero-order valence-electron chi connectivity index (χ0n) is 7.02. The number of anilines is 1. The topological polar surface area (TPSA) is 84.2 Å². The Hall–Kier alpha value is -1.85. The number of carboxylic acids is 1. The van der Waals surface area contributed by atoms with Crippen molar-refractivity contribution in [3.8, 4) is 0 Å². The molecule has 0 saturated carbocycles. The summed E-state index contributed by atoms with van der Waals surface area (Å²) in [6, 6.07) is 0. The van der Waals surface area contributed by atoms with E-state index < -0.39 is 5.97 Å². The number of amides is 1. The maximum absolute atomic E-state index is 10.6. The van der Waals surface area contributed by atoms with Crippen LogP contribution >= 0.6 is 0 Å². The molecule has 70 valence electrons. The average molecular weight is 183 g/mol. The first kappa shape index (κ1) is 9.24. The van der Waals surface area contributed by atoms with Gasteiger partial charge in [-0.1, -0.05) is 0 Å². The van der Waals surface area contributed by atoms with Gasteiger partial charge in [0.25, 0.3) is 0 Å². The second-order valence-electron chi connectivity index (χ2n) is 2.50. The lowest BCUT2D eigenvalue weighted by Crippen LogP contribution is -2.09. The molecule has 13 heavy (non-hydrogen) atoms. The Labute approximate surface area is 74.2 Å². The van der Waals surface area contributed by atoms with E-state index in [9.17, 15) is 9.59 Å². The molecule has 0 atom stereocenters. The van der Waals surface area contributed by atoms with E-state index in [0.717, 1.165) is 0 Å². The minimum atomic E-state index is -0.975. The second-order valence-corrected chi connectivity index (χ2v) is 2.50. The van der Waals surface area contributed by atoms with Crippen molar-refractivity contribution in [2.24, 2.45) is 0 Å². The molecule has 0 aliphatic heterocycles. The summed E-state index contributed by atoms with van der Waals surface area (Å²) in [6.07, 6.45) is 2.85. The van der Waals surface area contributed by atoms with Crippen LogP contribution in [-0.4, -0.2) is 26.8 Å². The highest BCUT2D eigenvalue weighted by atomic mass is 16.4. The number of carbonyl (C=O) groups excluding carboxylic acids is 1. The largest absolute Gasteiger partial charge is 0.480 e. The lowest BCUT2D eigenvalue weighted by Gasteiger charge is -1.95. The number of hydrogen-bond acceptors (Lipinski definition) is 3. The fraction of sp³-hybridized carbons (Fsp3) is 0.286. The number of nitrogens with zero attached hydrogens (tertiary/aromatic N) is 2. The van der Waals surface area contributed by atoms with Crippen molar-refractivity contribution in [1.29, 1.82) is 0 Å². The summed E-state index contributed by atoms with van der Waals surface area (Å²) < 4.78 is 1.23. The van der Waals surface area contributed by atoms with Gasteiger partial charge in [-0.2, -0.15) is 5.10 Å². The molecule has 0 unspecified atom stereocenters. The Morgan fingerprint density at radius 3 is 2.92 bits per heavy atom. The summed E-state index contributed by atoms with van der Waals surface area (Å²) >= 11 is 0. The summed E-state index contributed by atoms with van der Waals surface area (Å²) in [6.45, 7) is 1.16. The van der Waals surface area contributed by atoms with Crippen LogP contribution < -0.4 is 5.32 Å². The number of rotatable bonds is 3. The van der Waals surface area contributed by atoms with Crippen LogP contribution in [0.15, 0.2) is 12.4 Å². The number of carbonyl (C=O) groups is 2. The zero-order chi connectivity index (χ0) is 9.84. The van der Waals surface area contributed by atoms with Gasteiger partial charge in [-0.05, 0) is 0 Å². The molecule has 0 fully saturated rings. The molecule has 0 radical (unpaired) electrons. The number of hydrogen-bond donors (Lipinski definition) is 2. The van der Waals surface area contributed by atoms with E-state index >= 15 is 0 Å². The summed E-state index contributed by atoms with van der Waals surface area (Å²) in [5, 5.41) is 14.6. The average Bonchev–Trinajstić information content (AvgIpc) is 2.33. The van der Waals surface area contributed by atoms with Crippen LogP contribution in [0.5, 0.6) is 0 Å². The molecule has 6 heteroatoms. The molecule has 6 nitrogen and oxygen atoms in total. The zero-order valence-corrected chi connectivity index (χ0v) is 7.02. The Kier molecular flexibility index (Phi) is 2.63. The standard InChI is InChI=1S/C7H9N3O3/c1-5(11)9-6-2-8-10(3-6)4-7(12)13/h2-3H,4H2,1H3,(H,9,11)(H,12,13). The van der Waals surface area contributed by atoms with Crippen molar-refractivity contribution in [1.82, 2.24) is 9.78 Å². The highest BCUT2D eigenvalue weighted by Crippen LogP contribution is 2.03. The summed E-state index contributed by atoms with van der Waals surface area (Å²) in [7, 11) is 0. The number of carboxylic acid groups (broad SMARTS) is 1. The van der Waals surface area contributed by atoms with Crippen LogP contribution in [0.1, 0.15) is 6.92 Å². The van der Waals surface area contributed by atoms with E-state index in [1.165, 1.54) is 24.0 Å². The Bertz CT molecular complexity index is 301. The van der Waals surface area contributed by atoms with Crippen molar-refractivity contribution in [3.05, 3.63) is 12.4 Å². The lowest BCUT2D eigenvalue weighted by molar-refractivity contribution is -0.137. The Morgan fingerprint density at radius 2 is 2.38 bits per heavy atom. The molecule has 0 bridgehead atoms. The second kappa shape index (κ2) is 3.70. The predicted molar refractivity (Wildman–Crippen MR) is 44.2 cm³/mol. The van der Waals surface area contributed by atoms with Gasteiger partial charge in [0.1, 0.15) is 6.54 Å². The van der Waals surface area contributed by atoms with E-state index in [0.29, 0.717) is 5.69 Å². The molecule has 1 amide bonds. The summed E-state index contributed by atoms with van der Waals surface area (Å²) in [5.41, 5.74) is 0.494. The fourth-order valence-electron chi connectivity index (χ4n) is 0.856. The highest BCUT2D eigenvalue weighted by Gasteiger charge is 2.02. The first-order valence-electron chi connectivity index (χ1n) is 3.60. The van der Waals surface area contributed by atoms with Gasteiger partial charge in [0.05, 0.1) is 11.9 Å². The Balaban J connectivity index is 2.63. The van der Waals surface area contributed by atoms with Crippen LogP contribution in [0.4, 0.5) is 5.69 Å². The van der Waals surface area contributed by atoms with Crippen molar-refractivity contribution in [2.75, 3.05) is 5.32 Å². The molecule has 2 N–H and O–H groups in total. The summed E-state index contributed by atoms with van der Waals surface area (Å²) in [4.78, 5) is 20.8. The van der Waals surface area contributed by atoms with Crippen molar-refractivity contribution < 1.29 is 14.7 Å².